The monoisotopic (exact) mass is 270 g/mol. The molecule has 1 unspecified atom stereocenters. The van der Waals surface area contributed by atoms with Gasteiger partial charge in [-0.15, -0.1) is 0 Å². The second-order valence-electron chi connectivity index (χ2n) is 6.12. The first-order valence-electron chi connectivity index (χ1n) is 8.25. The molecule has 2 heteroatoms. The highest BCUT2D eigenvalue weighted by molar-refractivity contribution is 5.69. The summed E-state index contributed by atoms with van der Waals surface area (Å²) in [5.41, 5.74) is 0. The standard InChI is InChI=1S/C17H34O2/c1-5-7-8-9-11-17(18)19-14-16(10-6-2)13-12-15(3)4/h15-16H,5-14H2,1-4H3. The fourth-order valence-electron chi connectivity index (χ4n) is 2.27. The van der Waals surface area contributed by atoms with Gasteiger partial charge in [0, 0.05) is 6.42 Å². The molecule has 0 aromatic carbocycles. The van der Waals surface area contributed by atoms with Gasteiger partial charge in [-0.2, -0.15) is 0 Å². The maximum absolute atomic E-state index is 11.6. The van der Waals surface area contributed by atoms with Gasteiger partial charge in [0.05, 0.1) is 6.61 Å². The minimum atomic E-state index is 0.00162. The predicted molar refractivity (Wildman–Crippen MR) is 82.2 cm³/mol. The summed E-state index contributed by atoms with van der Waals surface area (Å²) >= 11 is 0. The van der Waals surface area contributed by atoms with Gasteiger partial charge in [0.1, 0.15) is 0 Å². The Balaban J connectivity index is 3.73. The smallest absolute Gasteiger partial charge is 0.305 e. The van der Waals surface area contributed by atoms with Gasteiger partial charge < -0.3 is 4.74 Å². The molecule has 0 amide bonds. The van der Waals surface area contributed by atoms with Crippen molar-refractivity contribution >= 4 is 5.97 Å². The first kappa shape index (κ1) is 18.5. The van der Waals surface area contributed by atoms with Crippen LogP contribution >= 0.6 is 0 Å². The number of ether oxygens (including phenoxy) is 1. The first-order chi connectivity index (χ1) is 9.10. The maximum atomic E-state index is 11.6. The molecule has 0 aliphatic carbocycles. The van der Waals surface area contributed by atoms with E-state index >= 15 is 0 Å². The van der Waals surface area contributed by atoms with Crippen LogP contribution in [-0.4, -0.2) is 12.6 Å². The summed E-state index contributed by atoms with van der Waals surface area (Å²) in [6.07, 6.45) is 9.94. The molecule has 0 N–H and O–H groups in total. The molecule has 2 nitrogen and oxygen atoms in total. The van der Waals surface area contributed by atoms with E-state index in [0.29, 0.717) is 18.9 Å². The first-order valence-corrected chi connectivity index (χ1v) is 8.25. The molecule has 0 radical (unpaired) electrons. The van der Waals surface area contributed by atoms with Crippen LogP contribution in [0.2, 0.25) is 0 Å². The fourth-order valence-corrected chi connectivity index (χ4v) is 2.27. The van der Waals surface area contributed by atoms with Crippen molar-refractivity contribution in [1.29, 1.82) is 0 Å². The third-order valence-corrected chi connectivity index (χ3v) is 3.56. The molecule has 0 spiro atoms. The highest BCUT2D eigenvalue weighted by Crippen LogP contribution is 2.18. The van der Waals surface area contributed by atoms with Crippen LogP contribution < -0.4 is 0 Å². The summed E-state index contributed by atoms with van der Waals surface area (Å²) in [5, 5.41) is 0. The molecule has 0 bridgehead atoms. The Kier molecular flexibility index (Phi) is 12.2. The molecule has 0 aromatic rings. The van der Waals surface area contributed by atoms with Gasteiger partial charge in [-0.25, -0.2) is 0 Å². The molecule has 0 fully saturated rings. The van der Waals surface area contributed by atoms with Gasteiger partial charge in [-0.3, -0.25) is 4.79 Å². The van der Waals surface area contributed by atoms with Crippen molar-refractivity contribution in [3.05, 3.63) is 0 Å². The molecule has 0 aromatic heterocycles. The summed E-state index contributed by atoms with van der Waals surface area (Å²) in [6.45, 7) is 9.52. The average Bonchev–Trinajstić information content (AvgIpc) is 2.38. The summed E-state index contributed by atoms with van der Waals surface area (Å²) in [4.78, 5) is 11.6. The minimum Gasteiger partial charge on any atom is -0.465 e. The van der Waals surface area contributed by atoms with Crippen LogP contribution in [0.5, 0.6) is 0 Å². The zero-order valence-corrected chi connectivity index (χ0v) is 13.5. The summed E-state index contributed by atoms with van der Waals surface area (Å²) < 4.78 is 5.43. The molecule has 0 aliphatic rings. The number of esters is 1. The lowest BCUT2D eigenvalue weighted by molar-refractivity contribution is -0.145. The maximum Gasteiger partial charge on any atom is 0.305 e. The molecule has 0 saturated carbocycles. The molecule has 0 heterocycles. The predicted octanol–water partition coefficient (Wildman–Crippen LogP) is 5.35. The third kappa shape index (κ3) is 12.3. The Bertz CT molecular complexity index is 211. The van der Waals surface area contributed by atoms with E-state index in [1.165, 1.54) is 38.5 Å². The van der Waals surface area contributed by atoms with E-state index < -0.39 is 0 Å². The van der Waals surface area contributed by atoms with Crippen LogP contribution in [0, 0.1) is 11.8 Å². The number of hydrogen-bond acceptors (Lipinski definition) is 2. The van der Waals surface area contributed by atoms with Crippen molar-refractivity contribution in [2.24, 2.45) is 11.8 Å². The van der Waals surface area contributed by atoms with Gasteiger partial charge in [0.2, 0.25) is 0 Å². The van der Waals surface area contributed by atoms with E-state index in [-0.39, 0.29) is 5.97 Å². The van der Waals surface area contributed by atoms with Gasteiger partial charge in [-0.05, 0) is 31.1 Å². The van der Waals surface area contributed by atoms with Gasteiger partial charge in [-0.1, -0.05) is 59.8 Å². The quantitative estimate of drug-likeness (QED) is 0.353. The summed E-state index contributed by atoms with van der Waals surface area (Å²) in [7, 11) is 0. The SMILES string of the molecule is CCCCCCC(=O)OCC(CCC)CCC(C)C. The molecule has 0 rings (SSSR count). The van der Waals surface area contributed by atoms with Crippen LogP contribution in [0.4, 0.5) is 0 Å². The Hall–Kier alpha value is -0.530. The van der Waals surface area contributed by atoms with Crippen molar-refractivity contribution < 1.29 is 9.53 Å². The molecule has 0 saturated heterocycles. The summed E-state index contributed by atoms with van der Waals surface area (Å²) in [5.74, 6) is 1.30. The second-order valence-corrected chi connectivity index (χ2v) is 6.12. The largest absolute Gasteiger partial charge is 0.465 e. The molecule has 1 atom stereocenters. The van der Waals surface area contributed by atoms with E-state index in [1.54, 1.807) is 0 Å². The zero-order valence-electron chi connectivity index (χ0n) is 13.5. The third-order valence-electron chi connectivity index (χ3n) is 3.56. The lowest BCUT2D eigenvalue weighted by atomic mass is 9.95. The molecule has 19 heavy (non-hydrogen) atoms. The highest BCUT2D eigenvalue weighted by atomic mass is 16.5. The van der Waals surface area contributed by atoms with Crippen molar-refractivity contribution in [2.45, 2.75) is 85.5 Å². The van der Waals surface area contributed by atoms with Gasteiger partial charge in [0.25, 0.3) is 0 Å². The lowest BCUT2D eigenvalue weighted by Crippen LogP contribution is -2.15. The van der Waals surface area contributed by atoms with Crippen LogP contribution in [0.25, 0.3) is 0 Å². The topological polar surface area (TPSA) is 26.3 Å². The van der Waals surface area contributed by atoms with E-state index in [1.807, 2.05) is 0 Å². The van der Waals surface area contributed by atoms with Crippen LogP contribution in [-0.2, 0) is 9.53 Å². The second kappa shape index (κ2) is 12.5. The normalized spacial score (nSPS) is 12.7. The molecular weight excluding hydrogens is 236 g/mol. The van der Waals surface area contributed by atoms with E-state index in [9.17, 15) is 4.79 Å². The molecular formula is C17H34O2. The Morgan fingerprint density at radius 2 is 1.68 bits per heavy atom. The Morgan fingerprint density at radius 3 is 2.26 bits per heavy atom. The molecule has 114 valence electrons. The van der Waals surface area contributed by atoms with Crippen molar-refractivity contribution in [3.8, 4) is 0 Å². The number of unbranched alkanes of at least 4 members (excludes halogenated alkanes) is 3. The Labute approximate surface area is 120 Å². The van der Waals surface area contributed by atoms with E-state index in [2.05, 4.69) is 27.7 Å². The lowest BCUT2D eigenvalue weighted by Gasteiger charge is -2.17. The average molecular weight is 270 g/mol. The van der Waals surface area contributed by atoms with Crippen molar-refractivity contribution in [2.75, 3.05) is 6.61 Å². The Morgan fingerprint density at radius 1 is 0.947 bits per heavy atom. The van der Waals surface area contributed by atoms with E-state index in [0.717, 1.165) is 18.8 Å². The van der Waals surface area contributed by atoms with E-state index in [4.69, 9.17) is 4.74 Å². The number of rotatable bonds is 12. The number of hydrogen-bond donors (Lipinski definition) is 0. The number of carbonyl (C=O) groups is 1. The van der Waals surface area contributed by atoms with Crippen LogP contribution in [0.15, 0.2) is 0 Å². The zero-order chi connectivity index (χ0) is 14.5. The highest BCUT2D eigenvalue weighted by Gasteiger charge is 2.12. The minimum absolute atomic E-state index is 0.00162. The molecule has 0 aliphatic heterocycles. The summed E-state index contributed by atoms with van der Waals surface area (Å²) in [6, 6.07) is 0. The van der Waals surface area contributed by atoms with Gasteiger partial charge >= 0.3 is 5.97 Å². The van der Waals surface area contributed by atoms with Crippen LogP contribution in [0.3, 0.4) is 0 Å². The number of carbonyl (C=O) groups excluding carboxylic acids is 1. The fraction of sp³-hybridized carbons (Fsp3) is 0.941. The van der Waals surface area contributed by atoms with Crippen molar-refractivity contribution in [1.82, 2.24) is 0 Å². The van der Waals surface area contributed by atoms with Crippen LogP contribution in [0.1, 0.15) is 85.5 Å². The van der Waals surface area contributed by atoms with Gasteiger partial charge in [0.15, 0.2) is 0 Å². The van der Waals surface area contributed by atoms with Crippen molar-refractivity contribution in [3.63, 3.8) is 0 Å².